The summed E-state index contributed by atoms with van der Waals surface area (Å²) >= 11 is 0. The van der Waals surface area contributed by atoms with Gasteiger partial charge in [0.2, 0.25) is 0 Å². The van der Waals surface area contributed by atoms with Crippen LogP contribution >= 0.6 is 0 Å². The Kier molecular flexibility index (Phi) is 3.52. The molecular formula is C24H16N2O2. The lowest BCUT2D eigenvalue weighted by Gasteiger charge is -2.23. The second kappa shape index (κ2) is 6.06. The summed E-state index contributed by atoms with van der Waals surface area (Å²) < 4.78 is 0. The summed E-state index contributed by atoms with van der Waals surface area (Å²) in [5, 5.41) is 30.3. The van der Waals surface area contributed by atoms with Crippen LogP contribution in [0.2, 0.25) is 0 Å². The minimum Gasteiger partial charge on any atom is -0.504 e. The highest BCUT2D eigenvalue weighted by atomic mass is 16.3. The van der Waals surface area contributed by atoms with Crippen molar-refractivity contribution in [2.45, 2.75) is 0 Å². The molecule has 1 aliphatic rings. The van der Waals surface area contributed by atoms with Crippen LogP contribution in [-0.2, 0) is 0 Å². The van der Waals surface area contributed by atoms with Crippen molar-refractivity contribution in [1.29, 1.82) is 5.41 Å². The van der Waals surface area contributed by atoms with E-state index in [0.29, 0.717) is 11.1 Å². The highest BCUT2D eigenvalue weighted by molar-refractivity contribution is 6.32. The molecule has 1 aliphatic carbocycles. The van der Waals surface area contributed by atoms with Crippen molar-refractivity contribution in [2.75, 3.05) is 0 Å². The van der Waals surface area contributed by atoms with Gasteiger partial charge >= 0.3 is 0 Å². The van der Waals surface area contributed by atoms with E-state index in [9.17, 15) is 10.2 Å². The number of aliphatic imine (C=N–C) groups is 1. The van der Waals surface area contributed by atoms with Crippen LogP contribution in [0.3, 0.4) is 0 Å². The molecule has 0 aliphatic heterocycles. The first-order valence-corrected chi connectivity index (χ1v) is 8.95. The van der Waals surface area contributed by atoms with E-state index in [-0.39, 0.29) is 11.5 Å². The van der Waals surface area contributed by atoms with Gasteiger partial charge < -0.3 is 10.2 Å². The van der Waals surface area contributed by atoms with E-state index in [1.165, 1.54) is 6.07 Å². The lowest BCUT2D eigenvalue weighted by Crippen LogP contribution is -2.21. The molecule has 28 heavy (non-hydrogen) atoms. The molecule has 0 radical (unpaired) electrons. The Morgan fingerprint density at radius 3 is 2.18 bits per heavy atom. The highest BCUT2D eigenvalue weighted by Gasteiger charge is 2.26. The molecule has 0 atom stereocenters. The average molecular weight is 364 g/mol. The van der Waals surface area contributed by atoms with Crippen molar-refractivity contribution in [1.82, 2.24) is 0 Å². The van der Waals surface area contributed by atoms with Gasteiger partial charge in [-0.15, -0.1) is 0 Å². The van der Waals surface area contributed by atoms with Gasteiger partial charge in [0.15, 0.2) is 11.5 Å². The molecule has 0 heterocycles. The Morgan fingerprint density at radius 2 is 1.39 bits per heavy atom. The quantitative estimate of drug-likeness (QED) is 0.360. The molecule has 4 nitrogen and oxygen atoms in total. The standard InChI is InChI=1S/C24H16N2O2/c25-22-16-8-4-5-9-17(16)23(26-15-6-2-1-3-7-15)20-13-18-14(12-19(20)22)10-11-21(27)24(18)28/h1-13,25,27-28H. The SMILES string of the molecule is N=C1c2ccccc2C(=Nc2ccccc2)c2cc3c(O)c(O)ccc3cc21. The number of rotatable bonds is 1. The van der Waals surface area contributed by atoms with Crippen LogP contribution in [0.25, 0.3) is 10.8 Å². The van der Waals surface area contributed by atoms with E-state index in [0.717, 1.165) is 39.0 Å². The molecule has 3 N–H and O–H groups in total. The van der Waals surface area contributed by atoms with Gasteiger partial charge in [0.25, 0.3) is 0 Å². The van der Waals surface area contributed by atoms with Gasteiger partial charge in [0.1, 0.15) is 0 Å². The highest BCUT2D eigenvalue weighted by Crippen LogP contribution is 2.38. The minimum atomic E-state index is -0.166. The van der Waals surface area contributed by atoms with E-state index in [4.69, 9.17) is 10.4 Å². The molecule has 0 saturated heterocycles. The van der Waals surface area contributed by atoms with Crippen LogP contribution in [0.4, 0.5) is 5.69 Å². The lowest BCUT2D eigenvalue weighted by molar-refractivity contribution is 0.408. The maximum absolute atomic E-state index is 10.4. The Hall–Kier alpha value is -3.92. The lowest BCUT2D eigenvalue weighted by atomic mass is 9.81. The molecule has 134 valence electrons. The molecule has 4 aromatic rings. The molecule has 5 rings (SSSR count). The molecule has 0 spiro atoms. The van der Waals surface area contributed by atoms with Crippen molar-refractivity contribution in [3.05, 3.63) is 101 Å². The van der Waals surface area contributed by atoms with Gasteiger partial charge in [0.05, 0.1) is 17.1 Å². The van der Waals surface area contributed by atoms with Crippen LogP contribution < -0.4 is 0 Å². The number of para-hydroxylation sites is 1. The molecule has 0 amide bonds. The van der Waals surface area contributed by atoms with Gasteiger partial charge in [-0.2, -0.15) is 0 Å². The third kappa shape index (κ3) is 2.39. The van der Waals surface area contributed by atoms with Crippen molar-refractivity contribution >= 4 is 27.9 Å². The normalized spacial score (nSPS) is 14.1. The summed E-state index contributed by atoms with van der Waals surface area (Å²) in [6, 6.07) is 24.3. The molecular weight excluding hydrogens is 348 g/mol. The molecule has 0 aromatic heterocycles. The average Bonchev–Trinajstić information content (AvgIpc) is 2.74. The molecule has 4 aromatic carbocycles. The first kappa shape index (κ1) is 16.3. The monoisotopic (exact) mass is 364 g/mol. The Morgan fingerprint density at radius 1 is 0.679 bits per heavy atom. The van der Waals surface area contributed by atoms with Crippen LogP contribution in [0.15, 0.2) is 83.9 Å². The predicted octanol–water partition coefficient (Wildman–Crippen LogP) is 5.15. The maximum atomic E-state index is 10.4. The van der Waals surface area contributed by atoms with Crippen LogP contribution in [0.5, 0.6) is 11.5 Å². The van der Waals surface area contributed by atoms with Gasteiger partial charge in [0, 0.05) is 27.6 Å². The van der Waals surface area contributed by atoms with Crippen molar-refractivity contribution in [3.63, 3.8) is 0 Å². The van der Waals surface area contributed by atoms with E-state index in [1.54, 1.807) is 6.07 Å². The molecule has 0 saturated carbocycles. The number of hydrogen-bond acceptors (Lipinski definition) is 4. The number of hydrogen-bond donors (Lipinski definition) is 3. The summed E-state index contributed by atoms with van der Waals surface area (Å²) in [5.74, 6) is -0.329. The van der Waals surface area contributed by atoms with Gasteiger partial charge in [-0.25, -0.2) is 4.99 Å². The third-order valence-electron chi connectivity index (χ3n) is 5.08. The van der Waals surface area contributed by atoms with E-state index >= 15 is 0 Å². The number of nitrogens with one attached hydrogen (secondary N) is 1. The van der Waals surface area contributed by atoms with Gasteiger partial charge in [-0.1, -0.05) is 48.5 Å². The number of aromatic hydroxyl groups is 2. The number of benzene rings is 4. The van der Waals surface area contributed by atoms with E-state index < -0.39 is 0 Å². The smallest absolute Gasteiger partial charge is 0.165 e. The Bertz CT molecular complexity index is 1290. The second-order valence-electron chi connectivity index (χ2n) is 6.77. The largest absolute Gasteiger partial charge is 0.504 e. The molecule has 0 bridgehead atoms. The molecule has 0 fully saturated rings. The zero-order chi connectivity index (χ0) is 19.3. The maximum Gasteiger partial charge on any atom is 0.165 e. The van der Waals surface area contributed by atoms with Crippen LogP contribution in [0.1, 0.15) is 22.3 Å². The number of phenols is 2. The summed E-state index contributed by atoms with van der Waals surface area (Å²) in [5.41, 5.74) is 5.21. The Labute approximate surface area is 161 Å². The second-order valence-corrected chi connectivity index (χ2v) is 6.77. The van der Waals surface area contributed by atoms with Crippen molar-refractivity contribution in [3.8, 4) is 11.5 Å². The fourth-order valence-electron chi connectivity index (χ4n) is 3.70. The first-order valence-electron chi connectivity index (χ1n) is 8.95. The zero-order valence-electron chi connectivity index (χ0n) is 14.8. The fraction of sp³-hybridized carbons (Fsp3) is 0. The van der Waals surface area contributed by atoms with E-state index in [1.807, 2.05) is 66.7 Å². The first-order chi connectivity index (χ1) is 13.6. The number of fused-ring (bicyclic) bond motifs is 3. The third-order valence-corrected chi connectivity index (χ3v) is 5.08. The summed E-state index contributed by atoms with van der Waals surface area (Å²) in [4.78, 5) is 4.87. The van der Waals surface area contributed by atoms with Crippen LogP contribution in [-0.4, -0.2) is 21.6 Å². The van der Waals surface area contributed by atoms with Crippen LogP contribution in [0, 0.1) is 5.41 Å². The van der Waals surface area contributed by atoms with E-state index in [2.05, 4.69) is 0 Å². The Balaban J connectivity index is 1.87. The fourth-order valence-corrected chi connectivity index (χ4v) is 3.70. The predicted molar refractivity (Wildman–Crippen MR) is 111 cm³/mol. The van der Waals surface area contributed by atoms with Crippen molar-refractivity contribution < 1.29 is 10.2 Å². The minimum absolute atomic E-state index is 0.162. The van der Waals surface area contributed by atoms with Gasteiger partial charge in [-0.3, -0.25) is 5.41 Å². The molecule has 0 unspecified atom stereocenters. The number of phenolic OH excluding ortho intramolecular Hbond substituents is 2. The summed E-state index contributed by atoms with van der Waals surface area (Å²) in [6.07, 6.45) is 0. The van der Waals surface area contributed by atoms with Gasteiger partial charge in [-0.05, 0) is 35.7 Å². The number of nitrogens with zero attached hydrogens (tertiary/aromatic N) is 1. The zero-order valence-corrected chi connectivity index (χ0v) is 14.8. The van der Waals surface area contributed by atoms with Crippen molar-refractivity contribution in [2.24, 2.45) is 4.99 Å². The summed E-state index contributed by atoms with van der Waals surface area (Å²) in [6.45, 7) is 0. The molecule has 4 heteroatoms. The topological polar surface area (TPSA) is 76.7 Å². The summed E-state index contributed by atoms with van der Waals surface area (Å²) in [7, 11) is 0.